The van der Waals surface area contributed by atoms with Crippen LogP contribution in [0.5, 0.6) is 0 Å². The van der Waals surface area contributed by atoms with Crippen molar-refractivity contribution in [3.63, 3.8) is 0 Å². The van der Waals surface area contributed by atoms with Crippen molar-refractivity contribution in [1.82, 2.24) is 9.80 Å². The highest BCUT2D eigenvalue weighted by Gasteiger charge is 2.46. The maximum atomic E-state index is 12.9. The Bertz CT molecular complexity index is 524. The minimum Gasteiger partial charge on any atom is -0.343 e. The Morgan fingerprint density at radius 1 is 0.846 bits per heavy atom. The molecule has 2 saturated carbocycles. The quantitative estimate of drug-likeness (QED) is 0.764. The number of amides is 2. The lowest BCUT2D eigenvalue weighted by atomic mass is 9.79. The third-order valence-electron chi connectivity index (χ3n) is 7.91. The zero-order valence-electron chi connectivity index (χ0n) is 16.5. The van der Waals surface area contributed by atoms with Crippen LogP contribution in [0.2, 0.25) is 0 Å². The molecule has 1 unspecified atom stereocenters. The number of carbonyl (C=O) groups is 2. The third kappa shape index (κ3) is 3.80. The molecule has 2 aliphatic heterocycles. The van der Waals surface area contributed by atoms with E-state index < -0.39 is 0 Å². The molecule has 2 aliphatic carbocycles. The monoisotopic (exact) mass is 360 g/mol. The van der Waals surface area contributed by atoms with Crippen molar-refractivity contribution in [3.8, 4) is 0 Å². The molecule has 2 saturated heterocycles. The van der Waals surface area contributed by atoms with E-state index >= 15 is 0 Å². The van der Waals surface area contributed by atoms with Crippen molar-refractivity contribution in [2.24, 2.45) is 23.2 Å². The van der Waals surface area contributed by atoms with Gasteiger partial charge in [0.2, 0.25) is 11.8 Å². The second-order valence-electron chi connectivity index (χ2n) is 9.58. The number of likely N-dealkylation sites (tertiary alicyclic amines) is 2. The molecule has 2 amide bonds. The van der Waals surface area contributed by atoms with Gasteiger partial charge in [0.1, 0.15) is 0 Å². The highest BCUT2D eigenvalue weighted by Crippen LogP contribution is 2.57. The number of rotatable bonds is 4. The Labute approximate surface area is 158 Å². The summed E-state index contributed by atoms with van der Waals surface area (Å²) in [5.74, 6) is 2.48. The molecule has 146 valence electrons. The molecular weight excluding hydrogens is 324 g/mol. The molecule has 4 rings (SSSR count). The highest BCUT2D eigenvalue weighted by atomic mass is 16.2. The van der Waals surface area contributed by atoms with Gasteiger partial charge in [-0.2, -0.15) is 0 Å². The van der Waals surface area contributed by atoms with Crippen molar-refractivity contribution in [1.29, 1.82) is 0 Å². The standard InChI is InChI=1S/C22H36N2O2/c1-2-3-20(25)23-13-6-17(7-14-23)19-8-15-24(16-19)21(26)18-4-9-22(10-5-18)11-12-22/h17-19H,2-16H2,1H3. The Balaban J connectivity index is 1.22. The van der Waals surface area contributed by atoms with E-state index in [0.29, 0.717) is 41.4 Å². The van der Waals surface area contributed by atoms with Crippen LogP contribution >= 0.6 is 0 Å². The summed E-state index contributed by atoms with van der Waals surface area (Å²) in [5.41, 5.74) is 0.674. The maximum absolute atomic E-state index is 12.9. The smallest absolute Gasteiger partial charge is 0.225 e. The Morgan fingerprint density at radius 3 is 2.08 bits per heavy atom. The van der Waals surface area contributed by atoms with Crippen molar-refractivity contribution in [3.05, 3.63) is 0 Å². The first kappa shape index (κ1) is 18.3. The van der Waals surface area contributed by atoms with E-state index in [-0.39, 0.29) is 0 Å². The van der Waals surface area contributed by atoms with E-state index in [0.717, 1.165) is 58.3 Å². The zero-order valence-corrected chi connectivity index (χ0v) is 16.5. The lowest BCUT2D eigenvalue weighted by molar-refractivity contribution is -0.136. The molecule has 1 spiro atoms. The van der Waals surface area contributed by atoms with Crippen LogP contribution in [0.1, 0.15) is 77.6 Å². The maximum Gasteiger partial charge on any atom is 0.225 e. The normalized spacial score (nSPS) is 29.3. The van der Waals surface area contributed by atoms with Gasteiger partial charge in [-0.1, -0.05) is 6.92 Å². The van der Waals surface area contributed by atoms with E-state index in [9.17, 15) is 9.59 Å². The first-order chi connectivity index (χ1) is 12.6. The molecule has 0 aromatic carbocycles. The molecule has 2 heterocycles. The van der Waals surface area contributed by atoms with E-state index in [1.807, 2.05) is 0 Å². The second kappa shape index (κ2) is 7.52. The molecule has 0 aromatic rings. The predicted octanol–water partition coefficient (Wildman–Crippen LogP) is 3.84. The molecule has 4 aliphatic rings. The van der Waals surface area contributed by atoms with Gasteiger partial charge in [-0.15, -0.1) is 0 Å². The molecule has 4 fully saturated rings. The van der Waals surface area contributed by atoms with E-state index in [2.05, 4.69) is 16.7 Å². The summed E-state index contributed by atoms with van der Waals surface area (Å²) < 4.78 is 0. The molecule has 0 aromatic heterocycles. The molecule has 26 heavy (non-hydrogen) atoms. The molecule has 0 radical (unpaired) electrons. The van der Waals surface area contributed by atoms with Crippen LogP contribution in [0.15, 0.2) is 0 Å². The summed E-state index contributed by atoms with van der Waals surface area (Å²) in [6, 6.07) is 0. The van der Waals surface area contributed by atoms with Crippen LogP contribution in [0.4, 0.5) is 0 Å². The Morgan fingerprint density at radius 2 is 1.46 bits per heavy atom. The molecule has 0 N–H and O–H groups in total. The topological polar surface area (TPSA) is 40.6 Å². The molecular formula is C22H36N2O2. The van der Waals surface area contributed by atoms with Gasteiger partial charge in [-0.3, -0.25) is 9.59 Å². The fourth-order valence-electron chi connectivity index (χ4n) is 5.78. The first-order valence-electron chi connectivity index (χ1n) is 11.2. The third-order valence-corrected chi connectivity index (χ3v) is 7.91. The van der Waals surface area contributed by atoms with Gasteiger partial charge in [-0.05, 0) is 81.5 Å². The number of hydrogen-bond donors (Lipinski definition) is 0. The van der Waals surface area contributed by atoms with Gasteiger partial charge < -0.3 is 9.80 Å². The number of piperidine rings is 1. The summed E-state index contributed by atoms with van der Waals surface area (Å²) in [5, 5.41) is 0. The fraction of sp³-hybridized carbons (Fsp3) is 0.909. The molecule has 1 atom stereocenters. The van der Waals surface area contributed by atoms with Crippen LogP contribution in [-0.4, -0.2) is 47.8 Å². The van der Waals surface area contributed by atoms with Crippen LogP contribution in [-0.2, 0) is 9.59 Å². The van der Waals surface area contributed by atoms with Crippen molar-refractivity contribution < 1.29 is 9.59 Å². The zero-order chi connectivity index (χ0) is 18.1. The lowest BCUT2D eigenvalue weighted by Crippen LogP contribution is -2.41. The van der Waals surface area contributed by atoms with Crippen LogP contribution in [0.25, 0.3) is 0 Å². The van der Waals surface area contributed by atoms with E-state index in [1.54, 1.807) is 0 Å². The highest BCUT2D eigenvalue weighted by molar-refractivity contribution is 5.79. The van der Waals surface area contributed by atoms with Gasteiger partial charge in [0.05, 0.1) is 0 Å². The van der Waals surface area contributed by atoms with Gasteiger partial charge in [0.15, 0.2) is 0 Å². The van der Waals surface area contributed by atoms with Gasteiger partial charge in [0, 0.05) is 38.5 Å². The summed E-state index contributed by atoms with van der Waals surface area (Å²) in [6.07, 6.45) is 12.8. The predicted molar refractivity (Wildman–Crippen MR) is 103 cm³/mol. The summed E-state index contributed by atoms with van der Waals surface area (Å²) in [7, 11) is 0. The van der Waals surface area contributed by atoms with Crippen molar-refractivity contribution >= 4 is 11.8 Å². The SMILES string of the molecule is CCCC(=O)N1CCC(C2CCN(C(=O)C3CCC4(CC3)CC4)C2)CC1. The van der Waals surface area contributed by atoms with Gasteiger partial charge in [-0.25, -0.2) is 0 Å². The summed E-state index contributed by atoms with van der Waals surface area (Å²) in [4.78, 5) is 29.3. The van der Waals surface area contributed by atoms with E-state index in [1.165, 1.54) is 32.1 Å². The minimum absolute atomic E-state index is 0.313. The van der Waals surface area contributed by atoms with Gasteiger partial charge >= 0.3 is 0 Å². The van der Waals surface area contributed by atoms with Crippen molar-refractivity contribution in [2.45, 2.75) is 77.6 Å². The fourth-order valence-corrected chi connectivity index (χ4v) is 5.78. The van der Waals surface area contributed by atoms with Crippen LogP contribution in [0.3, 0.4) is 0 Å². The second-order valence-corrected chi connectivity index (χ2v) is 9.58. The van der Waals surface area contributed by atoms with E-state index in [4.69, 9.17) is 0 Å². The summed E-state index contributed by atoms with van der Waals surface area (Å²) in [6.45, 7) is 5.89. The Hall–Kier alpha value is -1.06. The van der Waals surface area contributed by atoms with Crippen LogP contribution < -0.4 is 0 Å². The number of hydrogen-bond acceptors (Lipinski definition) is 2. The number of carbonyl (C=O) groups excluding carboxylic acids is 2. The summed E-state index contributed by atoms with van der Waals surface area (Å²) >= 11 is 0. The molecule has 0 bridgehead atoms. The number of nitrogens with zero attached hydrogens (tertiary/aromatic N) is 2. The molecule has 4 nitrogen and oxygen atoms in total. The minimum atomic E-state index is 0.313. The molecule has 4 heteroatoms. The average Bonchev–Trinajstić information content (AvgIpc) is 3.23. The lowest BCUT2D eigenvalue weighted by Gasteiger charge is -2.35. The Kier molecular flexibility index (Phi) is 5.29. The van der Waals surface area contributed by atoms with Crippen molar-refractivity contribution in [2.75, 3.05) is 26.2 Å². The largest absolute Gasteiger partial charge is 0.343 e. The first-order valence-corrected chi connectivity index (χ1v) is 11.2. The van der Waals surface area contributed by atoms with Gasteiger partial charge in [0.25, 0.3) is 0 Å². The average molecular weight is 361 g/mol. The van der Waals surface area contributed by atoms with Crippen LogP contribution in [0, 0.1) is 23.2 Å².